The third-order valence-corrected chi connectivity index (χ3v) is 3.51. The van der Waals surface area contributed by atoms with E-state index in [4.69, 9.17) is 0 Å². The van der Waals surface area contributed by atoms with Crippen LogP contribution in [0.5, 0.6) is 0 Å². The van der Waals surface area contributed by atoms with Gasteiger partial charge in [0.25, 0.3) is 0 Å². The van der Waals surface area contributed by atoms with Gasteiger partial charge in [0, 0.05) is 11.3 Å². The number of aliphatic hydroxyl groups is 1. The van der Waals surface area contributed by atoms with Gasteiger partial charge in [-0.1, -0.05) is 23.8 Å². The van der Waals surface area contributed by atoms with E-state index in [-0.39, 0.29) is 6.61 Å². The summed E-state index contributed by atoms with van der Waals surface area (Å²) in [5.74, 6) is 0. The van der Waals surface area contributed by atoms with E-state index in [1.165, 1.54) is 16.7 Å². The average Bonchev–Trinajstić information content (AvgIpc) is 2.59. The van der Waals surface area contributed by atoms with Crippen molar-refractivity contribution >= 4 is 0 Å². The molecule has 3 heteroatoms. The average molecular weight is 244 g/mol. The second-order valence-corrected chi connectivity index (χ2v) is 4.90. The first-order chi connectivity index (χ1) is 8.52. The van der Waals surface area contributed by atoms with Crippen LogP contribution >= 0.6 is 0 Å². The van der Waals surface area contributed by atoms with Crippen molar-refractivity contribution in [2.24, 2.45) is 0 Å². The van der Waals surface area contributed by atoms with E-state index in [0.29, 0.717) is 0 Å². The van der Waals surface area contributed by atoms with Gasteiger partial charge in [-0.2, -0.15) is 5.10 Å². The Morgan fingerprint density at radius 2 is 1.89 bits per heavy atom. The topological polar surface area (TPSA) is 38.0 Å². The molecule has 0 radical (unpaired) electrons. The summed E-state index contributed by atoms with van der Waals surface area (Å²) in [5.41, 5.74) is 6.74. The summed E-state index contributed by atoms with van der Waals surface area (Å²) in [4.78, 5) is 0. The zero-order chi connectivity index (χ0) is 13.3. The fourth-order valence-corrected chi connectivity index (χ4v) is 2.25. The van der Waals surface area contributed by atoms with Crippen LogP contribution in [0.15, 0.2) is 18.2 Å². The summed E-state index contributed by atoms with van der Waals surface area (Å²) in [6.07, 6.45) is 0. The van der Waals surface area contributed by atoms with E-state index in [1.54, 1.807) is 0 Å². The molecule has 0 aliphatic heterocycles. The first-order valence-corrected chi connectivity index (χ1v) is 6.22. The molecule has 0 aliphatic rings. The first-order valence-electron chi connectivity index (χ1n) is 6.22. The van der Waals surface area contributed by atoms with Gasteiger partial charge in [0.2, 0.25) is 0 Å². The molecule has 0 saturated heterocycles. The predicted octanol–water partition coefficient (Wildman–Crippen LogP) is 2.66. The molecule has 2 rings (SSSR count). The van der Waals surface area contributed by atoms with Crippen molar-refractivity contribution in [3.05, 3.63) is 51.8 Å². The molecule has 0 fully saturated rings. The van der Waals surface area contributed by atoms with E-state index in [0.717, 1.165) is 23.5 Å². The van der Waals surface area contributed by atoms with E-state index in [1.807, 2.05) is 18.5 Å². The molecule has 96 valence electrons. The number of hydrogen-bond acceptors (Lipinski definition) is 2. The predicted molar refractivity (Wildman–Crippen MR) is 72.6 cm³/mol. The highest BCUT2D eigenvalue weighted by molar-refractivity contribution is 5.32. The maximum absolute atomic E-state index is 9.32. The summed E-state index contributed by atoms with van der Waals surface area (Å²) < 4.78 is 1.97. The molecule has 1 aromatic heterocycles. The molecule has 0 atom stereocenters. The Kier molecular flexibility index (Phi) is 3.53. The third kappa shape index (κ3) is 2.31. The molecule has 3 nitrogen and oxygen atoms in total. The van der Waals surface area contributed by atoms with Gasteiger partial charge in [-0.3, -0.25) is 4.68 Å². The van der Waals surface area contributed by atoms with Crippen LogP contribution < -0.4 is 0 Å². The molecule has 0 amide bonds. The Bertz CT molecular complexity index is 570. The second kappa shape index (κ2) is 4.94. The lowest BCUT2D eigenvalue weighted by Crippen LogP contribution is -2.06. The number of aryl methyl sites for hydroxylation is 3. The van der Waals surface area contributed by atoms with Crippen molar-refractivity contribution in [3.8, 4) is 0 Å². The zero-order valence-corrected chi connectivity index (χ0v) is 11.5. The van der Waals surface area contributed by atoms with Crippen molar-refractivity contribution in [1.82, 2.24) is 9.78 Å². The number of hydrogen-bond donors (Lipinski definition) is 1. The number of aliphatic hydroxyl groups excluding tert-OH is 1. The Labute approximate surface area is 108 Å². The molecular weight excluding hydrogens is 224 g/mol. The van der Waals surface area contributed by atoms with Gasteiger partial charge in [-0.25, -0.2) is 0 Å². The molecule has 0 saturated carbocycles. The smallest absolute Gasteiger partial charge is 0.0718 e. The molecule has 0 bridgehead atoms. The highest BCUT2D eigenvalue weighted by Crippen LogP contribution is 2.17. The molecular formula is C15H20N2O. The van der Waals surface area contributed by atoms with Gasteiger partial charge < -0.3 is 5.11 Å². The van der Waals surface area contributed by atoms with Crippen LogP contribution in [0.2, 0.25) is 0 Å². The molecule has 18 heavy (non-hydrogen) atoms. The Morgan fingerprint density at radius 3 is 2.50 bits per heavy atom. The number of rotatable bonds is 3. The van der Waals surface area contributed by atoms with Crippen LogP contribution in [-0.4, -0.2) is 14.9 Å². The van der Waals surface area contributed by atoms with Crippen LogP contribution in [0.25, 0.3) is 0 Å². The molecule has 1 N–H and O–H groups in total. The van der Waals surface area contributed by atoms with Crippen LogP contribution in [0.1, 0.15) is 33.6 Å². The Morgan fingerprint density at radius 1 is 1.17 bits per heavy atom. The van der Waals surface area contributed by atoms with Gasteiger partial charge in [0.1, 0.15) is 0 Å². The molecule has 1 heterocycles. The minimum atomic E-state index is 0.0600. The standard InChI is InChI=1S/C15H20N2O/c1-10-5-6-11(2)14(7-10)8-17-13(4)15(9-18)12(3)16-17/h5-7,18H,8-9H2,1-4H3. The van der Waals surface area contributed by atoms with E-state index < -0.39 is 0 Å². The van der Waals surface area contributed by atoms with Crippen molar-refractivity contribution < 1.29 is 5.11 Å². The lowest BCUT2D eigenvalue weighted by atomic mass is 10.1. The van der Waals surface area contributed by atoms with E-state index in [9.17, 15) is 5.11 Å². The third-order valence-electron chi connectivity index (χ3n) is 3.51. The maximum Gasteiger partial charge on any atom is 0.0718 e. The normalized spacial score (nSPS) is 10.9. The second-order valence-electron chi connectivity index (χ2n) is 4.90. The SMILES string of the molecule is Cc1ccc(C)c(Cn2nc(C)c(CO)c2C)c1. The summed E-state index contributed by atoms with van der Waals surface area (Å²) in [6.45, 7) is 9.00. The summed E-state index contributed by atoms with van der Waals surface area (Å²) in [5, 5.41) is 13.8. The van der Waals surface area contributed by atoms with Crippen molar-refractivity contribution in [1.29, 1.82) is 0 Å². The van der Waals surface area contributed by atoms with Gasteiger partial charge in [-0.05, 0) is 38.8 Å². The monoisotopic (exact) mass is 244 g/mol. The quantitative estimate of drug-likeness (QED) is 0.901. The lowest BCUT2D eigenvalue weighted by Gasteiger charge is -2.09. The van der Waals surface area contributed by atoms with Crippen molar-refractivity contribution in [2.45, 2.75) is 40.8 Å². The minimum absolute atomic E-state index is 0.0600. The van der Waals surface area contributed by atoms with Gasteiger partial charge in [0.05, 0.1) is 18.8 Å². The van der Waals surface area contributed by atoms with E-state index in [2.05, 4.69) is 37.1 Å². The minimum Gasteiger partial charge on any atom is -0.392 e. The molecule has 2 aromatic rings. The largest absolute Gasteiger partial charge is 0.392 e. The van der Waals surface area contributed by atoms with Crippen LogP contribution in [0.4, 0.5) is 0 Å². The van der Waals surface area contributed by atoms with Gasteiger partial charge >= 0.3 is 0 Å². The maximum atomic E-state index is 9.32. The number of nitrogens with zero attached hydrogens (tertiary/aromatic N) is 2. The number of benzene rings is 1. The van der Waals surface area contributed by atoms with E-state index >= 15 is 0 Å². The Hall–Kier alpha value is -1.61. The summed E-state index contributed by atoms with van der Waals surface area (Å²) >= 11 is 0. The fourth-order valence-electron chi connectivity index (χ4n) is 2.25. The van der Waals surface area contributed by atoms with Crippen LogP contribution in [0.3, 0.4) is 0 Å². The Balaban J connectivity index is 2.37. The van der Waals surface area contributed by atoms with Crippen LogP contribution in [0, 0.1) is 27.7 Å². The van der Waals surface area contributed by atoms with Crippen LogP contribution in [-0.2, 0) is 13.2 Å². The van der Waals surface area contributed by atoms with Crippen molar-refractivity contribution in [2.75, 3.05) is 0 Å². The first kappa shape index (κ1) is 12.8. The van der Waals surface area contributed by atoms with Gasteiger partial charge in [-0.15, -0.1) is 0 Å². The molecule has 1 aromatic carbocycles. The summed E-state index contributed by atoms with van der Waals surface area (Å²) in [7, 11) is 0. The number of aromatic nitrogens is 2. The van der Waals surface area contributed by atoms with Gasteiger partial charge in [0.15, 0.2) is 0 Å². The molecule has 0 spiro atoms. The lowest BCUT2D eigenvalue weighted by molar-refractivity contribution is 0.280. The highest BCUT2D eigenvalue weighted by atomic mass is 16.3. The highest BCUT2D eigenvalue weighted by Gasteiger charge is 2.11. The molecule has 0 aliphatic carbocycles. The summed E-state index contributed by atoms with van der Waals surface area (Å²) in [6, 6.07) is 6.47. The van der Waals surface area contributed by atoms with Crippen molar-refractivity contribution in [3.63, 3.8) is 0 Å². The fraction of sp³-hybridized carbons (Fsp3) is 0.400. The zero-order valence-electron chi connectivity index (χ0n) is 11.5. The molecule has 0 unspecified atom stereocenters.